The topological polar surface area (TPSA) is 79.8 Å². The van der Waals surface area contributed by atoms with Gasteiger partial charge >= 0.3 is 5.69 Å². The van der Waals surface area contributed by atoms with E-state index >= 15 is 0 Å². The molecule has 0 amide bonds. The summed E-state index contributed by atoms with van der Waals surface area (Å²) in [6, 6.07) is 1.80. The average molecular weight is 232 g/mol. The van der Waals surface area contributed by atoms with E-state index in [0.29, 0.717) is 0 Å². The minimum absolute atomic E-state index is 0.0903. The summed E-state index contributed by atoms with van der Waals surface area (Å²) in [5.41, 5.74) is -1.18. The van der Waals surface area contributed by atoms with Crippen molar-refractivity contribution < 1.29 is 0 Å². The highest BCUT2D eigenvalue weighted by atomic mass is 16.2. The monoisotopic (exact) mass is 232 g/mol. The molecule has 88 valence electrons. The molecule has 0 saturated heterocycles. The van der Waals surface area contributed by atoms with E-state index in [1.165, 1.54) is 18.7 Å². The summed E-state index contributed by atoms with van der Waals surface area (Å²) >= 11 is 0. The van der Waals surface area contributed by atoms with Gasteiger partial charge in [-0.25, -0.2) is 4.79 Å². The number of aromatic nitrogens is 2. The maximum absolute atomic E-state index is 11.7. The summed E-state index contributed by atoms with van der Waals surface area (Å²) in [6.07, 6.45) is 0. The number of rotatable bonds is 2. The van der Waals surface area contributed by atoms with Gasteiger partial charge in [0.05, 0.1) is 6.54 Å². The molecule has 17 heavy (non-hydrogen) atoms. The Hall–Kier alpha value is -2.47. The lowest BCUT2D eigenvalue weighted by Gasteiger charge is -2.11. The second kappa shape index (κ2) is 5.04. The minimum atomic E-state index is -0.609. The van der Waals surface area contributed by atoms with E-state index in [0.717, 1.165) is 4.57 Å². The van der Waals surface area contributed by atoms with Crippen LogP contribution in [0.5, 0.6) is 0 Å². The van der Waals surface area contributed by atoms with E-state index < -0.39 is 11.2 Å². The van der Waals surface area contributed by atoms with Crippen LogP contribution in [-0.2, 0) is 14.1 Å². The van der Waals surface area contributed by atoms with Crippen LogP contribution in [0.25, 0.3) is 0 Å². The van der Waals surface area contributed by atoms with Crippen LogP contribution in [0, 0.1) is 23.2 Å². The Bertz CT molecular complexity index is 650. The number of hydrogen-bond acceptors (Lipinski definition) is 4. The first-order valence-corrected chi connectivity index (χ1v) is 4.88. The molecule has 0 aliphatic carbocycles. The van der Waals surface area contributed by atoms with Crippen LogP contribution < -0.4 is 16.6 Å². The van der Waals surface area contributed by atoms with E-state index in [1.54, 1.807) is 13.0 Å². The van der Waals surface area contributed by atoms with E-state index in [1.807, 2.05) is 0 Å². The molecule has 1 rings (SSSR count). The number of nitrogens with one attached hydrogen (secondary N) is 1. The van der Waals surface area contributed by atoms with Gasteiger partial charge in [-0.05, 0) is 6.92 Å². The van der Waals surface area contributed by atoms with Crippen molar-refractivity contribution in [2.24, 2.45) is 14.1 Å². The van der Waals surface area contributed by atoms with Crippen molar-refractivity contribution in [3.63, 3.8) is 0 Å². The summed E-state index contributed by atoms with van der Waals surface area (Å²) in [5, 5.41) is 11.7. The lowest BCUT2D eigenvalue weighted by Crippen LogP contribution is -2.39. The molecule has 0 bridgehead atoms. The SMILES string of the molecule is CC#CCNc1c(C#N)c(=O)n(C)c(=O)n1C. The lowest BCUT2D eigenvalue weighted by molar-refractivity contribution is 0.687. The molecule has 6 nitrogen and oxygen atoms in total. The summed E-state index contributed by atoms with van der Waals surface area (Å²) in [6.45, 7) is 1.95. The van der Waals surface area contributed by atoms with Crippen molar-refractivity contribution in [3.8, 4) is 17.9 Å². The Balaban J connectivity index is 3.47. The zero-order chi connectivity index (χ0) is 13.0. The Morgan fingerprint density at radius 2 is 1.94 bits per heavy atom. The highest BCUT2D eigenvalue weighted by Crippen LogP contribution is 2.05. The lowest BCUT2D eigenvalue weighted by atomic mass is 10.3. The van der Waals surface area contributed by atoms with Crippen molar-refractivity contribution in [1.82, 2.24) is 9.13 Å². The van der Waals surface area contributed by atoms with Gasteiger partial charge < -0.3 is 5.32 Å². The zero-order valence-corrected chi connectivity index (χ0v) is 9.87. The first-order chi connectivity index (χ1) is 8.04. The molecule has 0 unspecified atom stereocenters. The van der Waals surface area contributed by atoms with Crippen molar-refractivity contribution in [3.05, 3.63) is 26.4 Å². The van der Waals surface area contributed by atoms with Gasteiger partial charge in [-0.15, -0.1) is 5.92 Å². The molecule has 1 heterocycles. The molecule has 6 heteroatoms. The fraction of sp³-hybridized carbons (Fsp3) is 0.364. The molecule has 0 aromatic carbocycles. The predicted molar refractivity (Wildman–Crippen MR) is 63.6 cm³/mol. The number of nitriles is 1. The van der Waals surface area contributed by atoms with Crippen LogP contribution in [-0.4, -0.2) is 15.7 Å². The summed E-state index contributed by atoms with van der Waals surface area (Å²) in [7, 11) is 2.82. The molecule has 1 aromatic rings. The Morgan fingerprint density at radius 1 is 1.29 bits per heavy atom. The minimum Gasteiger partial charge on any atom is -0.359 e. The van der Waals surface area contributed by atoms with Crippen LogP contribution in [0.1, 0.15) is 12.5 Å². The van der Waals surface area contributed by atoms with Crippen LogP contribution in [0.4, 0.5) is 5.82 Å². The maximum Gasteiger partial charge on any atom is 0.332 e. The average Bonchev–Trinajstić information content (AvgIpc) is 2.33. The Labute approximate surface area is 98.1 Å². The molecular weight excluding hydrogens is 220 g/mol. The molecule has 1 N–H and O–H groups in total. The molecule has 0 radical (unpaired) electrons. The Kier molecular flexibility index (Phi) is 3.74. The summed E-state index contributed by atoms with van der Waals surface area (Å²) in [4.78, 5) is 23.3. The first-order valence-electron chi connectivity index (χ1n) is 4.88. The molecule has 0 aliphatic rings. The van der Waals surface area contributed by atoms with Gasteiger partial charge in [-0.3, -0.25) is 13.9 Å². The molecule has 0 atom stereocenters. The van der Waals surface area contributed by atoms with E-state index in [-0.39, 0.29) is 17.9 Å². The largest absolute Gasteiger partial charge is 0.359 e. The smallest absolute Gasteiger partial charge is 0.332 e. The zero-order valence-electron chi connectivity index (χ0n) is 9.87. The molecule has 0 saturated carbocycles. The highest BCUT2D eigenvalue weighted by Gasteiger charge is 2.14. The van der Waals surface area contributed by atoms with E-state index in [9.17, 15) is 9.59 Å². The maximum atomic E-state index is 11.7. The van der Waals surface area contributed by atoms with E-state index in [4.69, 9.17) is 5.26 Å². The van der Waals surface area contributed by atoms with Gasteiger partial charge in [0, 0.05) is 14.1 Å². The summed E-state index contributed by atoms with van der Waals surface area (Å²) in [5.74, 6) is 5.60. The second-order valence-electron chi connectivity index (χ2n) is 3.32. The third-order valence-electron chi connectivity index (χ3n) is 2.30. The van der Waals surface area contributed by atoms with Crippen molar-refractivity contribution in [2.75, 3.05) is 11.9 Å². The molecular formula is C11H12N4O2. The Morgan fingerprint density at radius 3 is 2.47 bits per heavy atom. The normalized spacial score (nSPS) is 9.06. The van der Waals surface area contributed by atoms with Gasteiger partial charge in [0.25, 0.3) is 5.56 Å². The van der Waals surface area contributed by atoms with Crippen LogP contribution in [0.3, 0.4) is 0 Å². The van der Waals surface area contributed by atoms with Crippen molar-refractivity contribution in [1.29, 1.82) is 5.26 Å². The third-order valence-corrected chi connectivity index (χ3v) is 2.30. The highest BCUT2D eigenvalue weighted by molar-refractivity contribution is 5.51. The number of anilines is 1. The third kappa shape index (κ3) is 2.21. The van der Waals surface area contributed by atoms with Crippen LogP contribution >= 0.6 is 0 Å². The fourth-order valence-electron chi connectivity index (χ4n) is 1.37. The molecule has 0 spiro atoms. The van der Waals surface area contributed by atoms with Gasteiger partial charge in [0.15, 0.2) is 5.56 Å². The van der Waals surface area contributed by atoms with Gasteiger partial charge in [0.2, 0.25) is 0 Å². The molecule has 0 aliphatic heterocycles. The fourth-order valence-corrected chi connectivity index (χ4v) is 1.37. The number of nitrogens with zero attached hydrogens (tertiary/aromatic N) is 3. The van der Waals surface area contributed by atoms with Crippen molar-refractivity contribution in [2.45, 2.75) is 6.92 Å². The van der Waals surface area contributed by atoms with Gasteiger partial charge in [0.1, 0.15) is 11.9 Å². The molecule has 0 fully saturated rings. The van der Waals surface area contributed by atoms with Crippen LogP contribution in [0.2, 0.25) is 0 Å². The quantitative estimate of drug-likeness (QED) is 0.690. The number of hydrogen-bond donors (Lipinski definition) is 1. The van der Waals surface area contributed by atoms with Crippen molar-refractivity contribution >= 4 is 5.82 Å². The van der Waals surface area contributed by atoms with E-state index in [2.05, 4.69) is 17.2 Å². The summed E-state index contributed by atoms with van der Waals surface area (Å²) < 4.78 is 2.12. The first kappa shape index (κ1) is 12.6. The van der Waals surface area contributed by atoms with Gasteiger partial charge in [-0.2, -0.15) is 5.26 Å². The molecule has 1 aromatic heterocycles. The van der Waals surface area contributed by atoms with Gasteiger partial charge in [-0.1, -0.05) is 5.92 Å². The predicted octanol–water partition coefficient (Wildman–Crippen LogP) is -0.609. The standard InChI is InChI=1S/C11H12N4O2/c1-4-5-6-13-9-8(7-12)10(16)15(3)11(17)14(9)2/h13H,6H2,1-3H3. The second-order valence-corrected chi connectivity index (χ2v) is 3.32. The van der Waals surface area contributed by atoms with Crippen LogP contribution in [0.15, 0.2) is 9.59 Å².